The van der Waals surface area contributed by atoms with Gasteiger partial charge in [0.2, 0.25) is 0 Å². The molecule has 0 amide bonds. The number of nitrogens with two attached hydrogens (primary N) is 1. The molecule has 0 radical (unpaired) electrons. The standard InChI is InChI=1S/C15H25N3/c1-12-11-17(15(2,3)4)9-10-18(12)14-7-5-13(16)6-8-14/h5-8,12H,9-11,16H2,1-4H3/t12-/m1/s1. The molecule has 0 aliphatic carbocycles. The lowest BCUT2D eigenvalue weighted by molar-refractivity contribution is 0.112. The predicted octanol–water partition coefficient (Wildman–Crippen LogP) is 2.58. The second-order valence-corrected chi connectivity index (χ2v) is 6.25. The van der Waals surface area contributed by atoms with Crippen LogP contribution in [0.2, 0.25) is 0 Å². The van der Waals surface area contributed by atoms with E-state index in [-0.39, 0.29) is 5.54 Å². The summed E-state index contributed by atoms with van der Waals surface area (Å²) in [6.45, 7) is 12.5. The summed E-state index contributed by atoms with van der Waals surface area (Å²) < 4.78 is 0. The molecule has 100 valence electrons. The van der Waals surface area contributed by atoms with Gasteiger partial charge in [-0.15, -0.1) is 0 Å². The van der Waals surface area contributed by atoms with Crippen molar-refractivity contribution in [3.8, 4) is 0 Å². The Bertz CT molecular complexity index is 391. The molecular formula is C15H25N3. The third-order valence-corrected chi connectivity index (χ3v) is 3.80. The van der Waals surface area contributed by atoms with E-state index in [9.17, 15) is 0 Å². The van der Waals surface area contributed by atoms with E-state index in [0.717, 1.165) is 25.3 Å². The lowest BCUT2D eigenvalue weighted by atomic mass is 10.0. The van der Waals surface area contributed by atoms with Crippen LogP contribution in [0.4, 0.5) is 11.4 Å². The number of hydrogen-bond donors (Lipinski definition) is 1. The Morgan fingerprint density at radius 3 is 2.22 bits per heavy atom. The average Bonchev–Trinajstić information content (AvgIpc) is 2.29. The zero-order valence-electron chi connectivity index (χ0n) is 12.0. The van der Waals surface area contributed by atoms with Gasteiger partial charge in [-0.2, -0.15) is 0 Å². The second kappa shape index (κ2) is 4.81. The van der Waals surface area contributed by atoms with Crippen molar-refractivity contribution in [1.82, 2.24) is 4.90 Å². The van der Waals surface area contributed by atoms with E-state index in [1.807, 2.05) is 12.1 Å². The minimum absolute atomic E-state index is 0.265. The predicted molar refractivity (Wildman–Crippen MR) is 79.0 cm³/mol. The maximum Gasteiger partial charge on any atom is 0.0389 e. The molecule has 3 nitrogen and oxygen atoms in total. The molecule has 1 heterocycles. The van der Waals surface area contributed by atoms with Crippen LogP contribution in [0.15, 0.2) is 24.3 Å². The molecule has 0 unspecified atom stereocenters. The van der Waals surface area contributed by atoms with Gasteiger partial charge in [-0.25, -0.2) is 0 Å². The van der Waals surface area contributed by atoms with E-state index >= 15 is 0 Å². The highest BCUT2D eigenvalue weighted by Gasteiger charge is 2.29. The summed E-state index contributed by atoms with van der Waals surface area (Å²) in [5.74, 6) is 0. The van der Waals surface area contributed by atoms with Gasteiger partial charge in [-0.1, -0.05) is 0 Å². The third-order valence-electron chi connectivity index (χ3n) is 3.80. The molecule has 1 fully saturated rings. The van der Waals surface area contributed by atoms with Crippen molar-refractivity contribution in [1.29, 1.82) is 0 Å². The lowest BCUT2D eigenvalue weighted by Crippen LogP contribution is -2.57. The summed E-state index contributed by atoms with van der Waals surface area (Å²) in [6.07, 6.45) is 0. The van der Waals surface area contributed by atoms with Crippen LogP contribution in [0.5, 0.6) is 0 Å². The number of benzene rings is 1. The fourth-order valence-corrected chi connectivity index (χ4v) is 2.62. The fourth-order valence-electron chi connectivity index (χ4n) is 2.62. The molecular weight excluding hydrogens is 222 g/mol. The highest BCUT2D eigenvalue weighted by Crippen LogP contribution is 2.24. The molecule has 1 aromatic rings. The molecule has 1 aliphatic heterocycles. The summed E-state index contributed by atoms with van der Waals surface area (Å²) in [7, 11) is 0. The minimum Gasteiger partial charge on any atom is -0.399 e. The molecule has 1 aliphatic rings. The summed E-state index contributed by atoms with van der Waals surface area (Å²) in [5.41, 5.74) is 8.12. The maximum atomic E-state index is 5.74. The van der Waals surface area contributed by atoms with Gasteiger partial charge in [-0.05, 0) is 52.0 Å². The van der Waals surface area contributed by atoms with Gasteiger partial charge in [0.15, 0.2) is 0 Å². The number of nitrogens with zero attached hydrogens (tertiary/aromatic N) is 2. The Labute approximate surface area is 111 Å². The number of nitrogen functional groups attached to an aromatic ring is 1. The van der Waals surface area contributed by atoms with Gasteiger partial charge in [0.05, 0.1) is 0 Å². The molecule has 0 spiro atoms. The first-order valence-electron chi connectivity index (χ1n) is 6.75. The molecule has 3 heteroatoms. The van der Waals surface area contributed by atoms with Crippen LogP contribution in [-0.2, 0) is 0 Å². The Kier molecular flexibility index (Phi) is 3.53. The van der Waals surface area contributed by atoms with Gasteiger partial charge in [-0.3, -0.25) is 4.90 Å². The highest BCUT2D eigenvalue weighted by atomic mass is 15.3. The van der Waals surface area contributed by atoms with E-state index in [2.05, 4.69) is 49.6 Å². The van der Waals surface area contributed by atoms with E-state index in [1.54, 1.807) is 0 Å². The molecule has 2 rings (SSSR count). The first kappa shape index (κ1) is 13.2. The van der Waals surface area contributed by atoms with E-state index < -0.39 is 0 Å². The van der Waals surface area contributed by atoms with Crippen LogP contribution in [0.1, 0.15) is 27.7 Å². The molecule has 18 heavy (non-hydrogen) atoms. The highest BCUT2D eigenvalue weighted by molar-refractivity contribution is 5.54. The van der Waals surface area contributed by atoms with Gasteiger partial charge in [0.1, 0.15) is 0 Å². The lowest BCUT2D eigenvalue weighted by Gasteiger charge is -2.46. The topological polar surface area (TPSA) is 32.5 Å². The molecule has 0 aromatic heterocycles. The first-order valence-corrected chi connectivity index (χ1v) is 6.75. The van der Waals surface area contributed by atoms with E-state index in [1.165, 1.54) is 5.69 Å². The number of rotatable bonds is 1. The van der Waals surface area contributed by atoms with Gasteiger partial charge >= 0.3 is 0 Å². The van der Waals surface area contributed by atoms with Crippen LogP contribution in [-0.4, -0.2) is 36.1 Å². The molecule has 1 saturated heterocycles. The van der Waals surface area contributed by atoms with Crippen LogP contribution in [0.3, 0.4) is 0 Å². The zero-order chi connectivity index (χ0) is 13.3. The Morgan fingerprint density at radius 2 is 1.72 bits per heavy atom. The summed E-state index contributed by atoms with van der Waals surface area (Å²) in [4.78, 5) is 5.03. The van der Waals surface area contributed by atoms with Crippen molar-refractivity contribution in [2.24, 2.45) is 0 Å². The normalized spacial score (nSPS) is 22.2. The Hall–Kier alpha value is -1.22. The largest absolute Gasteiger partial charge is 0.399 e. The van der Waals surface area contributed by atoms with E-state index in [4.69, 9.17) is 5.73 Å². The third kappa shape index (κ3) is 2.78. The quantitative estimate of drug-likeness (QED) is 0.774. The summed E-state index contributed by atoms with van der Waals surface area (Å²) in [5, 5.41) is 0. The molecule has 0 bridgehead atoms. The minimum atomic E-state index is 0.265. The summed E-state index contributed by atoms with van der Waals surface area (Å²) in [6, 6.07) is 8.76. The van der Waals surface area contributed by atoms with Crippen LogP contribution >= 0.6 is 0 Å². The molecule has 0 saturated carbocycles. The maximum absolute atomic E-state index is 5.74. The fraction of sp³-hybridized carbons (Fsp3) is 0.600. The number of hydrogen-bond acceptors (Lipinski definition) is 3. The second-order valence-electron chi connectivity index (χ2n) is 6.25. The van der Waals surface area contributed by atoms with Crippen molar-refractivity contribution >= 4 is 11.4 Å². The van der Waals surface area contributed by atoms with Gasteiger partial charge < -0.3 is 10.6 Å². The van der Waals surface area contributed by atoms with Crippen molar-refractivity contribution in [3.05, 3.63) is 24.3 Å². The molecule has 1 atom stereocenters. The van der Waals surface area contributed by atoms with Gasteiger partial charge in [0.25, 0.3) is 0 Å². The van der Waals surface area contributed by atoms with Crippen LogP contribution in [0, 0.1) is 0 Å². The smallest absolute Gasteiger partial charge is 0.0389 e. The summed E-state index contributed by atoms with van der Waals surface area (Å²) >= 11 is 0. The van der Waals surface area contributed by atoms with Crippen LogP contribution in [0.25, 0.3) is 0 Å². The van der Waals surface area contributed by atoms with E-state index in [0.29, 0.717) is 6.04 Å². The Morgan fingerprint density at radius 1 is 1.11 bits per heavy atom. The van der Waals surface area contributed by atoms with Crippen molar-refractivity contribution in [2.75, 3.05) is 30.3 Å². The number of anilines is 2. The molecule has 2 N–H and O–H groups in total. The van der Waals surface area contributed by atoms with Crippen molar-refractivity contribution < 1.29 is 0 Å². The van der Waals surface area contributed by atoms with Crippen molar-refractivity contribution in [3.63, 3.8) is 0 Å². The zero-order valence-corrected chi connectivity index (χ0v) is 12.0. The monoisotopic (exact) mass is 247 g/mol. The molecule has 1 aromatic carbocycles. The average molecular weight is 247 g/mol. The number of piperazine rings is 1. The SMILES string of the molecule is C[C@@H]1CN(C(C)(C)C)CCN1c1ccc(N)cc1. The Balaban J connectivity index is 2.08. The first-order chi connectivity index (χ1) is 8.38. The van der Waals surface area contributed by atoms with Gasteiger partial charge in [0, 0.05) is 42.6 Å². The van der Waals surface area contributed by atoms with Crippen molar-refractivity contribution in [2.45, 2.75) is 39.3 Å². The van der Waals surface area contributed by atoms with Crippen LogP contribution < -0.4 is 10.6 Å².